The summed E-state index contributed by atoms with van der Waals surface area (Å²) in [7, 11) is 3.17. The number of hydrogen-bond donors (Lipinski definition) is 1. The van der Waals surface area contributed by atoms with Crippen molar-refractivity contribution in [2.75, 3.05) is 27.4 Å². The van der Waals surface area contributed by atoms with Crippen LogP contribution in [0.5, 0.6) is 5.75 Å². The van der Waals surface area contributed by atoms with Crippen LogP contribution in [0, 0.1) is 5.82 Å². The van der Waals surface area contributed by atoms with Crippen LogP contribution in [-0.2, 0) is 27.3 Å². The number of carbonyl (C=O) groups excluding carboxylic acids is 2. The van der Waals surface area contributed by atoms with Crippen molar-refractivity contribution < 1.29 is 23.5 Å². The van der Waals surface area contributed by atoms with E-state index in [-0.39, 0.29) is 25.4 Å². The smallest absolute Gasteiger partial charge is 0.247 e. The van der Waals surface area contributed by atoms with Gasteiger partial charge in [0.25, 0.3) is 0 Å². The zero-order chi connectivity index (χ0) is 26.6. The van der Waals surface area contributed by atoms with Crippen LogP contribution in [-0.4, -0.2) is 49.1 Å². The standard InChI is InChI=1S/C28H31ClFN3O4/c1-36-15-3-14-33(26(34)13-8-20-6-11-25(37-2)12-7-20)27(22-16-24(30)19-31-18-22)28(35)32-17-21-4-9-23(29)10-5-21/h4-7,9-12,16,18-19,27H,3,8,13-15,17H2,1-2H3,(H,32,35). The number of halogens is 2. The minimum Gasteiger partial charge on any atom is -0.497 e. The highest BCUT2D eigenvalue weighted by molar-refractivity contribution is 6.30. The molecule has 2 amide bonds. The Hall–Kier alpha value is -3.49. The van der Waals surface area contributed by atoms with E-state index in [1.165, 1.54) is 17.2 Å². The van der Waals surface area contributed by atoms with Crippen molar-refractivity contribution in [3.8, 4) is 5.75 Å². The molecule has 0 saturated carbocycles. The molecule has 0 bridgehead atoms. The van der Waals surface area contributed by atoms with Crippen molar-refractivity contribution in [1.29, 1.82) is 0 Å². The Labute approximate surface area is 221 Å². The number of aromatic nitrogens is 1. The third kappa shape index (κ3) is 8.55. The van der Waals surface area contributed by atoms with E-state index in [4.69, 9.17) is 21.1 Å². The first-order valence-corrected chi connectivity index (χ1v) is 12.3. The molecule has 1 heterocycles. The van der Waals surface area contributed by atoms with Gasteiger partial charge < -0.3 is 19.7 Å². The number of amides is 2. The van der Waals surface area contributed by atoms with Gasteiger partial charge in [0.1, 0.15) is 17.6 Å². The molecule has 0 saturated heterocycles. The predicted octanol–water partition coefficient (Wildman–Crippen LogP) is 4.74. The summed E-state index contributed by atoms with van der Waals surface area (Å²) < 4.78 is 24.5. The van der Waals surface area contributed by atoms with Gasteiger partial charge in [0.15, 0.2) is 0 Å². The molecule has 2 aromatic carbocycles. The van der Waals surface area contributed by atoms with Crippen LogP contribution in [0.25, 0.3) is 0 Å². The maximum absolute atomic E-state index is 14.1. The lowest BCUT2D eigenvalue weighted by molar-refractivity contribution is -0.141. The van der Waals surface area contributed by atoms with Crippen molar-refractivity contribution in [2.45, 2.75) is 31.8 Å². The van der Waals surface area contributed by atoms with Gasteiger partial charge in [-0.15, -0.1) is 0 Å². The molecule has 3 rings (SSSR count). The molecule has 9 heteroatoms. The number of rotatable bonds is 13. The predicted molar refractivity (Wildman–Crippen MR) is 140 cm³/mol. The number of ether oxygens (including phenoxy) is 2. The van der Waals surface area contributed by atoms with Gasteiger partial charge >= 0.3 is 0 Å². The average molecular weight is 528 g/mol. The quantitative estimate of drug-likeness (QED) is 0.325. The van der Waals surface area contributed by atoms with E-state index in [0.29, 0.717) is 30.0 Å². The Balaban J connectivity index is 1.83. The molecule has 1 atom stereocenters. The second-order valence-corrected chi connectivity index (χ2v) is 8.90. The zero-order valence-corrected chi connectivity index (χ0v) is 21.7. The van der Waals surface area contributed by atoms with Crippen molar-refractivity contribution >= 4 is 23.4 Å². The fourth-order valence-corrected chi connectivity index (χ4v) is 4.03. The van der Waals surface area contributed by atoms with Crippen LogP contribution >= 0.6 is 11.6 Å². The Morgan fingerprint density at radius 3 is 2.41 bits per heavy atom. The molecule has 0 spiro atoms. The molecule has 196 valence electrons. The molecular weight excluding hydrogens is 497 g/mol. The molecule has 1 unspecified atom stereocenters. The topological polar surface area (TPSA) is 80.8 Å². The van der Waals surface area contributed by atoms with E-state index in [2.05, 4.69) is 10.3 Å². The molecule has 0 aliphatic heterocycles. The van der Waals surface area contributed by atoms with E-state index < -0.39 is 17.8 Å². The summed E-state index contributed by atoms with van der Waals surface area (Å²) in [6.07, 6.45) is 3.63. The first kappa shape index (κ1) is 28.1. The maximum atomic E-state index is 14.1. The number of nitrogens with zero attached hydrogens (tertiary/aromatic N) is 2. The van der Waals surface area contributed by atoms with E-state index in [0.717, 1.165) is 23.1 Å². The van der Waals surface area contributed by atoms with Gasteiger partial charge in [-0.1, -0.05) is 35.9 Å². The Morgan fingerprint density at radius 1 is 1.05 bits per heavy atom. The van der Waals surface area contributed by atoms with Gasteiger partial charge in [0.05, 0.1) is 13.3 Å². The van der Waals surface area contributed by atoms with Crippen molar-refractivity contribution in [3.05, 3.63) is 94.5 Å². The van der Waals surface area contributed by atoms with Gasteiger partial charge in [-0.25, -0.2) is 4.39 Å². The summed E-state index contributed by atoms with van der Waals surface area (Å²) in [4.78, 5) is 32.4. The lowest BCUT2D eigenvalue weighted by Gasteiger charge is -2.31. The first-order valence-electron chi connectivity index (χ1n) is 11.9. The second-order valence-electron chi connectivity index (χ2n) is 8.46. The molecule has 7 nitrogen and oxygen atoms in total. The van der Waals surface area contributed by atoms with Crippen LogP contribution in [0.2, 0.25) is 5.02 Å². The number of pyridine rings is 1. The Bertz CT molecular complexity index is 1160. The molecular formula is C28H31ClFN3O4. The molecule has 0 aliphatic rings. The van der Waals surface area contributed by atoms with Gasteiger partial charge in [-0.2, -0.15) is 0 Å². The van der Waals surface area contributed by atoms with Crippen LogP contribution in [0.3, 0.4) is 0 Å². The molecule has 3 aromatic rings. The normalized spacial score (nSPS) is 11.6. The van der Waals surface area contributed by atoms with E-state index in [1.807, 2.05) is 24.3 Å². The fraction of sp³-hybridized carbons (Fsp3) is 0.321. The number of methoxy groups -OCH3 is 2. The second kappa shape index (κ2) is 14.3. The fourth-order valence-electron chi connectivity index (χ4n) is 3.90. The summed E-state index contributed by atoms with van der Waals surface area (Å²) in [6, 6.07) is 14.7. The van der Waals surface area contributed by atoms with Crippen molar-refractivity contribution in [3.63, 3.8) is 0 Å². The Morgan fingerprint density at radius 2 is 1.76 bits per heavy atom. The highest BCUT2D eigenvalue weighted by atomic mass is 35.5. The molecule has 37 heavy (non-hydrogen) atoms. The lowest BCUT2D eigenvalue weighted by atomic mass is 10.0. The van der Waals surface area contributed by atoms with Crippen molar-refractivity contribution in [2.24, 2.45) is 0 Å². The highest BCUT2D eigenvalue weighted by Crippen LogP contribution is 2.24. The summed E-state index contributed by atoms with van der Waals surface area (Å²) >= 11 is 5.96. The molecule has 1 aromatic heterocycles. The van der Waals surface area contributed by atoms with Crippen molar-refractivity contribution in [1.82, 2.24) is 15.2 Å². The summed E-state index contributed by atoms with van der Waals surface area (Å²) in [6.45, 7) is 0.884. The van der Waals surface area contributed by atoms with E-state index in [9.17, 15) is 14.0 Å². The van der Waals surface area contributed by atoms with Gasteiger partial charge in [0, 0.05) is 50.0 Å². The number of benzene rings is 2. The van der Waals surface area contributed by atoms with E-state index >= 15 is 0 Å². The SMILES string of the molecule is COCCCN(C(=O)CCc1ccc(OC)cc1)C(C(=O)NCc1ccc(Cl)cc1)c1cncc(F)c1. The van der Waals surface area contributed by atoms with Crippen LogP contribution in [0.4, 0.5) is 4.39 Å². The first-order chi connectivity index (χ1) is 17.9. The molecule has 0 fully saturated rings. The van der Waals surface area contributed by atoms with Crippen LogP contribution < -0.4 is 10.1 Å². The van der Waals surface area contributed by atoms with Gasteiger partial charge in [-0.3, -0.25) is 14.6 Å². The van der Waals surface area contributed by atoms with Crippen LogP contribution in [0.1, 0.15) is 35.6 Å². The largest absolute Gasteiger partial charge is 0.497 e. The number of nitrogens with one attached hydrogen (secondary N) is 1. The van der Waals surface area contributed by atoms with Crippen LogP contribution in [0.15, 0.2) is 67.0 Å². The summed E-state index contributed by atoms with van der Waals surface area (Å²) in [5.74, 6) is -0.525. The summed E-state index contributed by atoms with van der Waals surface area (Å²) in [5.41, 5.74) is 2.09. The number of carbonyl (C=O) groups is 2. The summed E-state index contributed by atoms with van der Waals surface area (Å²) in [5, 5.41) is 3.47. The van der Waals surface area contributed by atoms with Gasteiger partial charge in [-0.05, 0) is 54.3 Å². The number of aryl methyl sites for hydroxylation is 1. The molecule has 0 radical (unpaired) electrons. The average Bonchev–Trinajstić information content (AvgIpc) is 2.91. The third-order valence-corrected chi connectivity index (χ3v) is 6.09. The lowest BCUT2D eigenvalue weighted by Crippen LogP contribution is -2.44. The Kier molecular flexibility index (Phi) is 10.9. The number of hydrogen-bond acceptors (Lipinski definition) is 5. The third-order valence-electron chi connectivity index (χ3n) is 5.84. The zero-order valence-electron chi connectivity index (χ0n) is 21.0. The monoisotopic (exact) mass is 527 g/mol. The maximum Gasteiger partial charge on any atom is 0.247 e. The minimum absolute atomic E-state index is 0.170. The molecule has 1 N–H and O–H groups in total. The molecule has 0 aliphatic carbocycles. The van der Waals surface area contributed by atoms with E-state index in [1.54, 1.807) is 38.5 Å². The highest BCUT2D eigenvalue weighted by Gasteiger charge is 2.31. The minimum atomic E-state index is -1.06. The van der Waals surface area contributed by atoms with Gasteiger partial charge in [0.2, 0.25) is 11.8 Å².